The molecule has 0 heterocycles. The molecule has 0 saturated heterocycles. The number of carboxylic acid groups (broad SMARTS) is 1. The van der Waals surface area contributed by atoms with Gasteiger partial charge in [-0.25, -0.2) is 4.79 Å². The Hall–Kier alpha value is -1.24. The van der Waals surface area contributed by atoms with Gasteiger partial charge in [-0.05, 0) is 19.3 Å². The molecule has 11 heavy (non-hydrogen) atoms. The van der Waals surface area contributed by atoms with Crippen molar-refractivity contribution in [3.8, 4) is 6.07 Å². The van der Waals surface area contributed by atoms with Gasteiger partial charge in [-0.3, -0.25) is 0 Å². The molecule has 4 heteroatoms. The third-order valence-electron chi connectivity index (χ3n) is 1.99. The monoisotopic (exact) mass is 154 g/mol. The van der Waals surface area contributed by atoms with E-state index in [0.29, 0.717) is 0 Å². The van der Waals surface area contributed by atoms with Crippen molar-refractivity contribution in [3.05, 3.63) is 0 Å². The lowest BCUT2D eigenvalue weighted by molar-refractivity contribution is 0.188. The normalized spacial score (nSPS) is 29.4. The van der Waals surface area contributed by atoms with Crippen LogP contribution in [0.3, 0.4) is 0 Å². The molecule has 0 unspecified atom stereocenters. The van der Waals surface area contributed by atoms with Crippen molar-refractivity contribution in [3.63, 3.8) is 0 Å². The van der Waals surface area contributed by atoms with Crippen molar-refractivity contribution < 1.29 is 9.90 Å². The highest BCUT2D eigenvalue weighted by Gasteiger charge is 2.27. The first-order valence-corrected chi connectivity index (χ1v) is 3.63. The van der Waals surface area contributed by atoms with E-state index in [1.807, 2.05) is 0 Å². The van der Waals surface area contributed by atoms with Gasteiger partial charge in [0, 0.05) is 6.04 Å². The molecule has 0 bridgehead atoms. The van der Waals surface area contributed by atoms with E-state index < -0.39 is 6.09 Å². The minimum Gasteiger partial charge on any atom is -0.465 e. The Bertz CT molecular complexity index is 197. The van der Waals surface area contributed by atoms with Crippen LogP contribution >= 0.6 is 0 Å². The van der Waals surface area contributed by atoms with Crippen molar-refractivity contribution in [2.75, 3.05) is 0 Å². The predicted octanol–water partition coefficient (Wildman–Crippen LogP) is 0.946. The highest BCUT2D eigenvalue weighted by atomic mass is 16.4. The smallest absolute Gasteiger partial charge is 0.404 e. The molecule has 1 aliphatic carbocycles. The molecular formula is C7H10N2O2. The van der Waals surface area contributed by atoms with Crippen LogP contribution in [-0.2, 0) is 0 Å². The van der Waals surface area contributed by atoms with Crippen LogP contribution in [0.4, 0.5) is 4.79 Å². The Morgan fingerprint density at radius 1 is 1.64 bits per heavy atom. The quantitative estimate of drug-likeness (QED) is 0.590. The summed E-state index contributed by atoms with van der Waals surface area (Å²) in [7, 11) is 0. The van der Waals surface area contributed by atoms with Crippen molar-refractivity contribution in [1.82, 2.24) is 5.32 Å². The van der Waals surface area contributed by atoms with E-state index in [0.717, 1.165) is 19.3 Å². The van der Waals surface area contributed by atoms with Gasteiger partial charge >= 0.3 is 6.09 Å². The fourth-order valence-electron chi connectivity index (χ4n) is 1.45. The van der Waals surface area contributed by atoms with Gasteiger partial charge in [-0.15, -0.1) is 0 Å². The molecule has 2 atom stereocenters. The summed E-state index contributed by atoms with van der Waals surface area (Å²) in [5, 5.41) is 19.3. The van der Waals surface area contributed by atoms with E-state index in [9.17, 15) is 4.79 Å². The Labute approximate surface area is 64.8 Å². The predicted molar refractivity (Wildman–Crippen MR) is 37.9 cm³/mol. The van der Waals surface area contributed by atoms with Gasteiger partial charge in [0.1, 0.15) is 0 Å². The Morgan fingerprint density at radius 2 is 2.36 bits per heavy atom. The van der Waals surface area contributed by atoms with Crippen molar-refractivity contribution in [2.24, 2.45) is 5.92 Å². The summed E-state index contributed by atoms with van der Waals surface area (Å²) in [6.45, 7) is 0. The fraction of sp³-hybridized carbons (Fsp3) is 0.714. The second kappa shape index (κ2) is 3.24. The van der Waals surface area contributed by atoms with Gasteiger partial charge in [-0.1, -0.05) is 0 Å². The van der Waals surface area contributed by atoms with E-state index in [1.165, 1.54) is 0 Å². The molecule has 1 rings (SSSR count). The number of carbonyl (C=O) groups is 1. The van der Waals surface area contributed by atoms with Gasteiger partial charge in [0.05, 0.1) is 12.0 Å². The topological polar surface area (TPSA) is 73.1 Å². The van der Waals surface area contributed by atoms with Crippen LogP contribution in [0.1, 0.15) is 19.3 Å². The first-order chi connectivity index (χ1) is 5.24. The molecule has 0 aromatic heterocycles. The molecule has 0 aromatic rings. The number of nitrogens with one attached hydrogen (secondary N) is 1. The SMILES string of the molecule is N#C[C@H]1CCC[C@H]1NC(=O)O. The Kier molecular flexibility index (Phi) is 2.32. The lowest BCUT2D eigenvalue weighted by Gasteiger charge is -2.11. The molecule has 60 valence electrons. The maximum absolute atomic E-state index is 10.2. The Morgan fingerprint density at radius 3 is 2.91 bits per heavy atom. The van der Waals surface area contributed by atoms with E-state index in [-0.39, 0.29) is 12.0 Å². The zero-order valence-corrected chi connectivity index (χ0v) is 6.08. The number of hydrogen-bond donors (Lipinski definition) is 2. The van der Waals surface area contributed by atoms with E-state index >= 15 is 0 Å². The molecule has 0 spiro atoms. The number of nitrogens with zero attached hydrogens (tertiary/aromatic N) is 1. The van der Waals surface area contributed by atoms with Gasteiger partial charge in [0.15, 0.2) is 0 Å². The van der Waals surface area contributed by atoms with Gasteiger partial charge in [0.25, 0.3) is 0 Å². The fourth-order valence-corrected chi connectivity index (χ4v) is 1.45. The summed E-state index contributed by atoms with van der Waals surface area (Å²) in [6, 6.07) is 1.95. The van der Waals surface area contributed by atoms with Crippen LogP contribution in [0.2, 0.25) is 0 Å². The minimum atomic E-state index is -1.03. The van der Waals surface area contributed by atoms with Gasteiger partial charge in [-0.2, -0.15) is 5.26 Å². The Balaban J connectivity index is 2.45. The molecule has 0 aromatic carbocycles. The number of rotatable bonds is 1. The molecule has 4 nitrogen and oxygen atoms in total. The van der Waals surface area contributed by atoms with E-state index in [2.05, 4.69) is 11.4 Å². The summed E-state index contributed by atoms with van der Waals surface area (Å²) in [6.07, 6.45) is 1.53. The van der Waals surface area contributed by atoms with Crippen molar-refractivity contribution in [1.29, 1.82) is 5.26 Å². The zero-order chi connectivity index (χ0) is 8.27. The van der Waals surface area contributed by atoms with E-state index in [4.69, 9.17) is 10.4 Å². The highest BCUT2D eigenvalue weighted by Crippen LogP contribution is 2.24. The average Bonchev–Trinajstić information content (AvgIpc) is 2.34. The first-order valence-electron chi connectivity index (χ1n) is 3.63. The summed E-state index contributed by atoms with van der Waals surface area (Å²) in [5.74, 6) is -0.119. The average molecular weight is 154 g/mol. The van der Waals surface area contributed by atoms with Gasteiger partial charge in [0.2, 0.25) is 0 Å². The maximum atomic E-state index is 10.2. The number of amides is 1. The van der Waals surface area contributed by atoms with E-state index in [1.54, 1.807) is 0 Å². The standard InChI is InChI=1S/C7H10N2O2/c8-4-5-2-1-3-6(5)9-7(10)11/h5-6,9H,1-3H2,(H,10,11)/t5-,6-/m1/s1. The highest BCUT2D eigenvalue weighted by molar-refractivity contribution is 5.65. The van der Waals surface area contributed by atoms with Crippen molar-refractivity contribution >= 4 is 6.09 Å². The van der Waals surface area contributed by atoms with Crippen LogP contribution in [0.25, 0.3) is 0 Å². The van der Waals surface area contributed by atoms with Gasteiger partial charge < -0.3 is 10.4 Å². The lowest BCUT2D eigenvalue weighted by atomic mass is 10.1. The largest absolute Gasteiger partial charge is 0.465 e. The molecular weight excluding hydrogens is 144 g/mol. The van der Waals surface area contributed by atoms with Crippen LogP contribution in [0.5, 0.6) is 0 Å². The summed E-state index contributed by atoms with van der Waals surface area (Å²) in [5.41, 5.74) is 0. The molecule has 1 amide bonds. The summed E-state index contributed by atoms with van der Waals surface area (Å²) >= 11 is 0. The molecule has 1 saturated carbocycles. The molecule has 0 aliphatic heterocycles. The molecule has 2 N–H and O–H groups in total. The summed E-state index contributed by atoms with van der Waals surface area (Å²) < 4.78 is 0. The second-order valence-electron chi connectivity index (χ2n) is 2.72. The van der Waals surface area contributed by atoms with Crippen LogP contribution in [0, 0.1) is 17.2 Å². The molecule has 1 aliphatic rings. The molecule has 1 fully saturated rings. The maximum Gasteiger partial charge on any atom is 0.404 e. The number of hydrogen-bond acceptors (Lipinski definition) is 2. The van der Waals surface area contributed by atoms with Crippen molar-refractivity contribution in [2.45, 2.75) is 25.3 Å². The minimum absolute atomic E-state index is 0.119. The zero-order valence-electron chi connectivity index (χ0n) is 6.08. The lowest BCUT2D eigenvalue weighted by Crippen LogP contribution is -2.35. The first kappa shape index (κ1) is 7.86. The van der Waals surface area contributed by atoms with Crippen LogP contribution in [-0.4, -0.2) is 17.2 Å². The summed E-state index contributed by atoms with van der Waals surface area (Å²) in [4.78, 5) is 10.2. The second-order valence-corrected chi connectivity index (χ2v) is 2.72. The third kappa shape index (κ3) is 1.84. The number of nitriles is 1. The van der Waals surface area contributed by atoms with Crippen LogP contribution < -0.4 is 5.32 Å². The third-order valence-corrected chi connectivity index (χ3v) is 1.99. The molecule has 0 radical (unpaired) electrons. The van der Waals surface area contributed by atoms with Crippen LogP contribution in [0.15, 0.2) is 0 Å².